The van der Waals surface area contributed by atoms with Crippen molar-refractivity contribution >= 4 is 0 Å². The molecule has 0 bridgehead atoms. The average Bonchev–Trinajstić information content (AvgIpc) is 2.47. The highest BCUT2D eigenvalue weighted by molar-refractivity contribution is 5.30. The Labute approximate surface area is 130 Å². The van der Waals surface area contributed by atoms with Gasteiger partial charge in [-0.3, -0.25) is 0 Å². The monoisotopic (exact) mass is 288 g/mol. The molecule has 118 valence electrons. The third-order valence-electron chi connectivity index (χ3n) is 5.22. The van der Waals surface area contributed by atoms with E-state index in [4.69, 9.17) is 0 Å². The minimum atomic E-state index is -0.0890. The largest absolute Gasteiger partial charge is 0.393 e. The van der Waals surface area contributed by atoms with Crippen LogP contribution in [0.3, 0.4) is 0 Å². The second-order valence-electron chi connectivity index (χ2n) is 7.48. The van der Waals surface area contributed by atoms with Crippen LogP contribution >= 0.6 is 0 Å². The summed E-state index contributed by atoms with van der Waals surface area (Å²) < 4.78 is 0. The fourth-order valence-corrected chi connectivity index (χ4v) is 3.63. The van der Waals surface area contributed by atoms with Crippen LogP contribution in [0.25, 0.3) is 0 Å². The first kappa shape index (κ1) is 16.5. The summed E-state index contributed by atoms with van der Waals surface area (Å²) in [5.41, 5.74) is 3.15. The van der Waals surface area contributed by atoms with Gasteiger partial charge in [-0.2, -0.15) is 0 Å². The van der Waals surface area contributed by atoms with Crippen LogP contribution < -0.4 is 0 Å². The number of hydrogen-bond donors (Lipinski definition) is 1. The lowest BCUT2D eigenvalue weighted by Crippen LogP contribution is -2.19. The standard InChI is InChI=1S/C20H32O/c1-4-5-6-14-20(2,3)18-12-10-16(11-13-18)17-8-7-9-19(21)15-17/h10-13,17,19,21H,4-9,14-15H2,1-3H3/t17-,19+/m0/s1. The summed E-state index contributed by atoms with van der Waals surface area (Å²) in [5.74, 6) is 0.561. The van der Waals surface area contributed by atoms with E-state index in [1.165, 1.54) is 43.2 Å². The van der Waals surface area contributed by atoms with Crippen LogP contribution in [0.4, 0.5) is 0 Å². The van der Waals surface area contributed by atoms with Gasteiger partial charge in [-0.05, 0) is 48.1 Å². The van der Waals surface area contributed by atoms with Gasteiger partial charge in [-0.1, -0.05) is 70.7 Å². The first-order chi connectivity index (χ1) is 10.0. The molecule has 0 unspecified atom stereocenters. The molecule has 1 heteroatoms. The van der Waals surface area contributed by atoms with E-state index in [9.17, 15) is 5.11 Å². The zero-order valence-corrected chi connectivity index (χ0v) is 14.1. The predicted octanol–water partition coefficient (Wildman–Crippen LogP) is 5.56. The van der Waals surface area contributed by atoms with Crippen LogP contribution in [0.1, 0.15) is 89.2 Å². The Morgan fingerprint density at radius 3 is 2.43 bits per heavy atom. The maximum absolute atomic E-state index is 9.85. The SMILES string of the molecule is CCCCCC(C)(C)c1ccc([C@H]2CCC[C@@H](O)C2)cc1. The van der Waals surface area contributed by atoms with Gasteiger partial charge in [0.25, 0.3) is 0 Å². The van der Waals surface area contributed by atoms with Crippen molar-refractivity contribution in [3.63, 3.8) is 0 Å². The normalized spacial score (nSPS) is 23.2. The summed E-state index contributed by atoms with van der Waals surface area (Å²) in [6, 6.07) is 9.25. The van der Waals surface area contributed by atoms with Crippen molar-refractivity contribution in [2.75, 3.05) is 0 Å². The topological polar surface area (TPSA) is 20.2 Å². The molecule has 0 aromatic heterocycles. The molecule has 2 rings (SSSR count). The van der Waals surface area contributed by atoms with Gasteiger partial charge in [-0.15, -0.1) is 0 Å². The molecule has 0 aliphatic heterocycles. The number of aliphatic hydroxyl groups excluding tert-OH is 1. The number of rotatable bonds is 6. The molecule has 1 fully saturated rings. The van der Waals surface area contributed by atoms with Crippen molar-refractivity contribution in [1.82, 2.24) is 0 Å². The van der Waals surface area contributed by atoms with E-state index in [-0.39, 0.29) is 11.5 Å². The Balaban J connectivity index is 2.00. The zero-order valence-electron chi connectivity index (χ0n) is 14.1. The summed E-state index contributed by atoms with van der Waals surface area (Å²) >= 11 is 0. The Bertz CT molecular complexity index is 418. The Hall–Kier alpha value is -0.820. The van der Waals surface area contributed by atoms with Crippen LogP contribution in [0.5, 0.6) is 0 Å². The van der Waals surface area contributed by atoms with Crippen molar-refractivity contribution in [2.45, 2.75) is 89.6 Å². The maximum Gasteiger partial charge on any atom is 0.0546 e. The summed E-state index contributed by atoms with van der Waals surface area (Å²) in [7, 11) is 0. The summed E-state index contributed by atoms with van der Waals surface area (Å²) in [5, 5.41) is 9.85. The summed E-state index contributed by atoms with van der Waals surface area (Å²) in [4.78, 5) is 0. The third kappa shape index (κ3) is 4.57. The van der Waals surface area contributed by atoms with Gasteiger partial charge in [0.05, 0.1) is 6.10 Å². The minimum absolute atomic E-state index is 0.0890. The molecular formula is C20H32O. The average molecular weight is 288 g/mol. The van der Waals surface area contributed by atoms with Gasteiger partial charge < -0.3 is 5.11 Å². The predicted molar refractivity (Wildman–Crippen MR) is 90.8 cm³/mol. The molecule has 1 N–H and O–H groups in total. The lowest BCUT2D eigenvalue weighted by atomic mass is 9.78. The number of benzene rings is 1. The molecule has 0 spiro atoms. The molecule has 1 nitrogen and oxygen atoms in total. The quantitative estimate of drug-likeness (QED) is 0.679. The van der Waals surface area contributed by atoms with Crippen molar-refractivity contribution in [1.29, 1.82) is 0 Å². The molecule has 21 heavy (non-hydrogen) atoms. The molecule has 1 saturated carbocycles. The van der Waals surface area contributed by atoms with Crippen LogP contribution in [-0.4, -0.2) is 11.2 Å². The minimum Gasteiger partial charge on any atom is -0.393 e. The molecule has 0 amide bonds. The fraction of sp³-hybridized carbons (Fsp3) is 0.700. The van der Waals surface area contributed by atoms with Crippen LogP contribution in [0.2, 0.25) is 0 Å². The number of hydrogen-bond acceptors (Lipinski definition) is 1. The van der Waals surface area contributed by atoms with Crippen molar-refractivity contribution < 1.29 is 5.11 Å². The molecule has 1 aromatic carbocycles. The lowest BCUT2D eigenvalue weighted by Gasteiger charge is -2.28. The molecule has 0 radical (unpaired) electrons. The Morgan fingerprint density at radius 1 is 1.10 bits per heavy atom. The van der Waals surface area contributed by atoms with Gasteiger partial charge in [-0.25, -0.2) is 0 Å². The van der Waals surface area contributed by atoms with E-state index in [1.807, 2.05) is 0 Å². The van der Waals surface area contributed by atoms with Crippen LogP contribution in [0.15, 0.2) is 24.3 Å². The summed E-state index contributed by atoms with van der Waals surface area (Å²) in [6.45, 7) is 6.99. The molecule has 1 aliphatic rings. The zero-order chi connectivity index (χ0) is 15.3. The number of unbranched alkanes of at least 4 members (excludes halogenated alkanes) is 2. The van der Waals surface area contributed by atoms with Gasteiger partial charge >= 0.3 is 0 Å². The lowest BCUT2D eigenvalue weighted by molar-refractivity contribution is 0.119. The Morgan fingerprint density at radius 2 is 1.81 bits per heavy atom. The van der Waals surface area contributed by atoms with E-state index in [1.54, 1.807) is 0 Å². The van der Waals surface area contributed by atoms with Gasteiger partial charge in [0.2, 0.25) is 0 Å². The molecule has 2 atom stereocenters. The molecule has 1 aromatic rings. The molecule has 0 saturated heterocycles. The highest BCUT2D eigenvalue weighted by Crippen LogP contribution is 2.35. The highest BCUT2D eigenvalue weighted by Gasteiger charge is 2.23. The van der Waals surface area contributed by atoms with E-state index in [0.29, 0.717) is 5.92 Å². The second-order valence-corrected chi connectivity index (χ2v) is 7.48. The van der Waals surface area contributed by atoms with Crippen molar-refractivity contribution in [2.24, 2.45) is 0 Å². The van der Waals surface area contributed by atoms with Crippen molar-refractivity contribution in [3.8, 4) is 0 Å². The Kier molecular flexibility index (Phi) is 5.87. The van der Waals surface area contributed by atoms with E-state index < -0.39 is 0 Å². The fourth-order valence-electron chi connectivity index (χ4n) is 3.63. The molecule has 0 heterocycles. The van der Waals surface area contributed by atoms with E-state index in [2.05, 4.69) is 45.0 Å². The highest BCUT2D eigenvalue weighted by atomic mass is 16.3. The van der Waals surface area contributed by atoms with E-state index in [0.717, 1.165) is 19.3 Å². The third-order valence-corrected chi connectivity index (χ3v) is 5.22. The summed E-state index contributed by atoms with van der Waals surface area (Å²) in [6.07, 6.45) is 9.45. The molecule has 1 aliphatic carbocycles. The van der Waals surface area contributed by atoms with Crippen molar-refractivity contribution in [3.05, 3.63) is 35.4 Å². The van der Waals surface area contributed by atoms with Gasteiger partial charge in [0, 0.05) is 0 Å². The number of aliphatic hydroxyl groups is 1. The van der Waals surface area contributed by atoms with Crippen LogP contribution in [0, 0.1) is 0 Å². The van der Waals surface area contributed by atoms with Crippen LogP contribution in [-0.2, 0) is 5.41 Å². The second kappa shape index (κ2) is 7.45. The first-order valence-electron chi connectivity index (χ1n) is 8.81. The smallest absolute Gasteiger partial charge is 0.0546 e. The van der Waals surface area contributed by atoms with Gasteiger partial charge in [0.1, 0.15) is 0 Å². The molecular weight excluding hydrogens is 256 g/mol. The first-order valence-corrected chi connectivity index (χ1v) is 8.81. The maximum atomic E-state index is 9.85. The van der Waals surface area contributed by atoms with Gasteiger partial charge in [0.15, 0.2) is 0 Å². The van der Waals surface area contributed by atoms with E-state index >= 15 is 0 Å².